The van der Waals surface area contributed by atoms with E-state index in [2.05, 4.69) is 0 Å². The molecule has 0 N–H and O–H groups in total. The summed E-state index contributed by atoms with van der Waals surface area (Å²) in [5.41, 5.74) is 0.522. The summed E-state index contributed by atoms with van der Waals surface area (Å²) in [6.45, 7) is 0. The predicted molar refractivity (Wildman–Crippen MR) is 87.2 cm³/mol. The largest absolute Gasteiger partial charge is 0.301 e. The summed E-state index contributed by atoms with van der Waals surface area (Å²) in [6.07, 6.45) is 0.959. The Morgan fingerprint density at radius 1 is 1.23 bits per heavy atom. The van der Waals surface area contributed by atoms with Gasteiger partial charge in [-0.05, 0) is 29.8 Å². The second-order valence-corrected chi connectivity index (χ2v) is 7.99. The minimum absolute atomic E-state index is 0.270. The van der Waals surface area contributed by atoms with Crippen LogP contribution >= 0.6 is 23.4 Å². The Kier molecular flexibility index (Phi) is 5.10. The Morgan fingerprint density at radius 3 is 2.50 bits per heavy atom. The van der Waals surface area contributed by atoms with Gasteiger partial charge in [-0.2, -0.15) is 0 Å². The lowest BCUT2D eigenvalue weighted by molar-refractivity contribution is -0.390. The molecular formula is C14H12ClNO4S2. The minimum Gasteiger partial charge on any atom is -0.258 e. The van der Waals surface area contributed by atoms with Gasteiger partial charge in [-0.15, -0.1) is 11.8 Å². The van der Waals surface area contributed by atoms with E-state index in [9.17, 15) is 18.5 Å². The zero-order valence-electron chi connectivity index (χ0n) is 11.5. The van der Waals surface area contributed by atoms with Crippen molar-refractivity contribution in [2.75, 3.05) is 6.26 Å². The topological polar surface area (TPSA) is 77.3 Å². The summed E-state index contributed by atoms with van der Waals surface area (Å²) in [5, 5.41) is 11.8. The lowest BCUT2D eigenvalue weighted by Gasteiger charge is -2.07. The molecule has 0 heterocycles. The van der Waals surface area contributed by atoms with Gasteiger partial charge in [-0.25, -0.2) is 8.42 Å². The van der Waals surface area contributed by atoms with Crippen molar-refractivity contribution >= 4 is 38.9 Å². The molecule has 0 aliphatic heterocycles. The third-order valence-corrected chi connectivity index (χ3v) is 5.31. The second kappa shape index (κ2) is 6.68. The van der Waals surface area contributed by atoms with Gasteiger partial charge in [-0.3, -0.25) is 10.1 Å². The molecule has 2 rings (SSSR count). The highest BCUT2D eigenvalue weighted by atomic mass is 35.5. The fourth-order valence-corrected chi connectivity index (χ4v) is 4.02. The van der Waals surface area contributed by atoms with E-state index in [-0.39, 0.29) is 10.6 Å². The fraction of sp³-hybridized carbons (Fsp3) is 0.143. The molecule has 0 spiro atoms. The molecule has 5 nitrogen and oxygen atoms in total. The first-order chi connectivity index (χ1) is 10.3. The Hall–Kier alpha value is -1.57. The van der Waals surface area contributed by atoms with Crippen molar-refractivity contribution in [1.82, 2.24) is 0 Å². The number of para-hydroxylation sites is 1. The maximum atomic E-state index is 11.7. The van der Waals surface area contributed by atoms with E-state index in [0.29, 0.717) is 15.7 Å². The van der Waals surface area contributed by atoms with Gasteiger partial charge in [0.05, 0.1) is 9.82 Å². The van der Waals surface area contributed by atoms with Crippen LogP contribution in [0.3, 0.4) is 0 Å². The van der Waals surface area contributed by atoms with Gasteiger partial charge in [0.25, 0.3) is 0 Å². The lowest BCUT2D eigenvalue weighted by Crippen LogP contribution is -2.03. The molecule has 2 aromatic carbocycles. The predicted octanol–water partition coefficient (Wildman–Crippen LogP) is 3.94. The number of nitro groups is 1. The fourth-order valence-electron chi connectivity index (χ4n) is 1.89. The van der Waals surface area contributed by atoms with Gasteiger partial charge < -0.3 is 0 Å². The van der Waals surface area contributed by atoms with Crippen LogP contribution in [-0.4, -0.2) is 19.6 Å². The molecule has 0 aromatic heterocycles. The van der Waals surface area contributed by atoms with E-state index in [1.807, 2.05) is 6.07 Å². The van der Waals surface area contributed by atoms with Crippen molar-refractivity contribution in [3.63, 3.8) is 0 Å². The van der Waals surface area contributed by atoms with Crippen LogP contribution in [0.15, 0.2) is 52.3 Å². The number of sulfone groups is 1. The van der Waals surface area contributed by atoms with Crippen molar-refractivity contribution in [1.29, 1.82) is 0 Å². The number of nitro benzene ring substituents is 1. The van der Waals surface area contributed by atoms with Crippen molar-refractivity contribution in [2.45, 2.75) is 15.5 Å². The number of rotatable bonds is 5. The van der Waals surface area contributed by atoms with Gasteiger partial charge in [0.1, 0.15) is 4.90 Å². The lowest BCUT2D eigenvalue weighted by atomic mass is 10.2. The zero-order chi connectivity index (χ0) is 16.3. The monoisotopic (exact) mass is 357 g/mol. The third-order valence-electron chi connectivity index (χ3n) is 2.83. The van der Waals surface area contributed by atoms with Crippen LogP contribution in [0.25, 0.3) is 0 Å². The van der Waals surface area contributed by atoms with E-state index in [4.69, 9.17) is 11.6 Å². The van der Waals surface area contributed by atoms with Crippen LogP contribution < -0.4 is 0 Å². The van der Waals surface area contributed by atoms with E-state index in [0.717, 1.165) is 11.8 Å². The number of hydrogen-bond donors (Lipinski definition) is 0. The molecule has 0 aliphatic carbocycles. The summed E-state index contributed by atoms with van der Waals surface area (Å²) < 4.78 is 23.4. The first-order valence-corrected chi connectivity index (χ1v) is 9.39. The van der Waals surface area contributed by atoms with E-state index in [1.54, 1.807) is 24.3 Å². The zero-order valence-corrected chi connectivity index (χ0v) is 13.9. The summed E-state index contributed by atoms with van der Waals surface area (Å²) in [4.78, 5) is 10.6. The number of thioether (sulfide) groups is 1. The van der Waals surface area contributed by atoms with Crippen molar-refractivity contribution in [3.8, 4) is 0 Å². The molecule has 0 saturated carbocycles. The molecule has 0 saturated heterocycles. The average molecular weight is 358 g/mol. The van der Waals surface area contributed by atoms with E-state index >= 15 is 0 Å². The van der Waals surface area contributed by atoms with Crippen LogP contribution in [-0.2, 0) is 15.6 Å². The molecule has 22 heavy (non-hydrogen) atoms. The summed E-state index contributed by atoms with van der Waals surface area (Å²) in [7, 11) is -3.67. The molecule has 0 aliphatic rings. The van der Waals surface area contributed by atoms with Crippen LogP contribution in [0.2, 0.25) is 5.02 Å². The Bertz CT molecular complexity index is 821. The normalized spacial score (nSPS) is 11.4. The summed E-state index contributed by atoms with van der Waals surface area (Å²) in [5.74, 6) is 0.453. The Labute approximate surface area is 137 Å². The number of halogens is 1. The van der Waals surface area contributed by atoms with Crippen LogP contribution in [0.1, 0.15) is 5.56 Å². The van der Waals surface area contributed by atoms with Gasteiger partial charge in [-0.1, -0.05) is 29.8 Å². The summed E-state index contributed by atoms with van der Waals surface area (Å²) in [6, 6.07) is 11.4. The van der Waals surface area contributed by atoms with E-state index < -0.39 is 14.8 Å². The van der Waals surface area contributed by atoms with Crippen LogP contribution in [0.5, 0.6) is 0 Å². The van der Waals surface area contributed by atoms with Crippen LogP contribution in [0, 0.1) is 10.1 Å². The Morgan fingerprint density at radius 2 is 1.91 bits per heavy atom. The molecule has 0 unspecified atom stereocenters. The third kappa shape index (κ3) is 4.00. The second-order valence-electron chi connectivity index (χ2n) is 4.55. The summed E-state index contributed by atoms with van der Waals surface area (Å²) >= 11 is 7.10. The van der Waals surface area contributed by atoms with Gasteiger partial charge in [0.15, 0.2) is 9.84 Å². The van der Waals surface area contributed by atoms with Gasteiger partial charge in [0, 0.05) is 17.0 Å². The standard InChI is InChI=1S/C14H12ClNO4S2/c1-22(19,20)13-7-3-6-12(14(13)16(17)18)21-9-10-4-2-5-11(15)8-10/h2-8H,9H2,1H3. The van der Waals surface area contributed by atoms with Crippen molar-refractivity contribution in [2.24, 2.45) is 0 Å². The maximum Gasteiger partial charge on any atom is 0.301 e. The number of hydrogen-bond acceptors (Lipinski definition) is 5. The molecular weight excluding hydrogens is 346 g/mol. The SMILES string of the molecule is CS(=O)(=O)c1cccc(SCc2cccc(Cl)c2)c1[N+](=O)[O-]. The average Bonchev–Trinajstić information content (AvgIpc) is 2.43. The minimum atomic E-state index is -3.67. The van der Waals surface area contributed by atoms with Crippen molar-refractivity contribution < 1.29 is 13.3 Å². The molecule has 0 amide bonds. The molecule has 0 radical (unpaired) electrons. The molecule has 0 bridgehead atoms. The van der Waals surface area contributed by atoms with Gasteiger partial charge >= 0.3 is 5.69 Å². The quantitative estimate of drug-likeness (QED) is 0.460. The maximum absolute atomic E-state index is 11.7. The first-order valence-electron chi connectivity index (χ1n) is 6.14. The van der Waals surface area contributed by atoms with Gasteiger partial charge in [0.2, 0.25) is 0 Å². The molecule has 2 aromatic rings. The highest BCUT2D eigenvalue weighted by Crippen LogP contribution is 2.36. The molecule has 0 atom stereocenters. The van der Waals surface area contributed by atoms with Crippen LogP contribution in [0.4, 0.5) is 5.69 Å². The smallest absolute Gasteiger partial charge is 0.258 e. The number of benzene rings is 2. The highest BCUT2D eigenvalue weighted by Gasteiger charge is 2.26. The van der Waals surface area contributed by atoms with E-state index in [1.165, 1.54) is 23.9 Å². The first kappa shape index (κ1) is 16.8. The Balaban J connectivity index is 2.37. The number of nitrogens with zero attached hydrogens (tertiary/aromatic N) is 1. The highest BCUT2D eigenvalue weighted by molar-refractivity contribution is 7.98. The molecule has 8 heteroatoms. The molecule has 116 valence electrons. The molecule has 0 fully saturated rings. The van der Waals surface area contributed by atoms with Crippen molar-refractivity contribution in [3.05, 3.63) is 63.2 Å².